The fourth-order valence-corrected chi connectivity index (χ4v) is 2.00. The van der Waals surface area contributed by atoms with E-state index in [0.29, 0.717) is 4.88 Å². The van der Waals surface area contributed by atoms with Crippen LogP contribution in [0.2, 0.25) is 0 Å². The van der Waals surface area contributed by atoms with E-state index in [1.165, 1.54) is 12.1 Å². The first-order valence-corrected chi connectivity index (χ1v) is 6.06. The van der Waals surface area contributed by atoms with Crippen LogP contribution in [0, 0.1) is 0 Å². The number of esters is 1. The summed E-state index contributed by atoms with van der Waals surface area (Å²) in [5.41, 5.74) is 0. The Labute approximate surface area is 108 Å². The molecule has 1 aromatic heterocycles. The molecule has 0 radical (unpaired) electrons. The Bertz CT molecular complexity index is 486. The Balaban J connectivity index is 2.68. The second-order valence-electron chi connectivity index (χ2n) is 3.25. The molecule has 5 nitrogen and oxygen atoms in total. The molecule has 0 aromatic carbocycles. The molecule has 0 aliphatic rings. The predicted octanol–water partition coefficient (Wildman–Crippen LogP) is 1.98. The molecule has 0 saturated heterocycles. The number of carbonyl (C=O) groups excluding carboxylic acids is 2. The number of ether oxygens (including phenoxy) is 1. The molecule has 0 bridgehead atoms. The number of ketones is 1. The Morgan fingerprint density at radius 3 is 2.72 bits per heavy atom. The first-order chi connectivity index (χ1) is 8.54. The van der Waals surface area contributed by atoms with Crippen LogP contribution < -0.4 is 0 Å². The van der Waals surface area contributed by atoms with Gasteiger partial charge in [-0.15, -0.1) is 11.3 Å². The molecule has 0 fully saturated rings. The van der Waals surface area contributed by atoms with Gasteiger partial charge in [0.15, 0.2) is 0 Å². The average Bonchev–Trinajstić information content (AvgIpc) is 2.76. The number of hydrogen-bond donors (Lipinski definition) is 1. The van der Waals surface area contributed by atoms with E-state index in [1.807, 2.05) is 0 Å². The van der Waals surface area contributed by atoms with Crippen molar-refractivity contribution in [2.45, 2.75) is 13.3 Å². The molecule has 0 spiro atoms. The van der Waals surface area contributed by atoms with Crippen LogP contribution in [0.25, 0.3) is 6.08 Å². The van der Waals surface area contributed by atoms with E-state index >= 15 is 0 Å². The van der Waals surface area contributed by atoms with Gasteiger partial charge in [0.1, 0.15) is 0 Å². The molecule has 1 heterocycles. The van der Waals surface area contributed by atoms with Gasteiger partial charge in [0.25, 0.3) is 5.78 Å². The molecule has 96 valence electrons. The van der Waals surface area contributed by atoms with E-state index in [0.717, 1.165) is 11.3 Å². The minimum Gasteiger partial charge on any atom is -0.481 e. The molecule has 6 heteroatoms. The zero-order valence-electron chi connectivity index (χ0n) is 9.71. The predicted molar refractivity (Wildman–Crippen MR) is 66.6 cm³/mol. The third kappa shape index (κ3) is 4.14. The van der Waals surface area contributed by atoms with Crippen LogP contribution in [-0.2, 0) is 14.3 Å². The van der Waals surface area contributed by atoms with Crippen LogP contribution in [0.5, 0.6) is 0 Å². The summed E-state index contributed by atoms with van der Waals surface area (Å²) in [6.45, 7) is 1.78. The molecule has 18 heavy (non-hydrogen) atoms. The van der Waals surface area contributed by atoms with Crippen LogP contribution in [0.4, 0.5) is 0 Å². The first kappa shape index (κ1) is 14.1. The number of Topliss-reactive ketones (excluding diaryl/α,β-unsaturated/α-hetero) is 1. The fraction of sp³-hybridized carbons (Fsp3) is 0.250. The van der Waals surface area contributed by atoms with Gasteiger partial charge in [0, 0.05) is 4.88 Å². The highest BCUT2D eigenvalue weighted by Gasteiger charge is 2.18. The van der Waals surface area contributed by atoms with Gasteiger partial charge >= 0.3 is 11.9 Å². The summed E-state index contributed by atoms with van der Waals surface area (Å²) in [7, 11) is 0. The van der Waals surface area contributed by atoms with E-state index in [2.05, 4.69) is 4.74 Å². The Morgan fingerprint density at radius 1 is 1.39 bits per heavy atom. The molecule has 1 N–H and O–H groups in total. The average molecular weight is 268 g/mol. The number of aliphatic carboxylic acids is 1. The Morgan fingerprint density at radius 2 is 2.11 bits per heavy atom. The van der Waals surface area contributed by atoms with Crippen molar-refractivity contribution in [2.75, 3.05) is 6.61 Å². The summed E-state index contributed by atoms with van der Waals surface area (Å²) >= 11 is 1.12. The maximum absolute atomic E-state index is 11.5. The first-order valence-electron chi connectivity index (χ1n) is 5.24. The van der Waals surface area contributed by atoms with Crippen LogP contribution >= 0.6 is 11.3 Å². The number of carbonyl (C=O) groups is 3. The highest BCUT2D eigenvalue weighted by molar-refractivity contribution is 7.15. The van der Waals surface area contributed by atoms with Gasteiger partial charge < -0.3 is 9.84 Å². The molecule has 1 aromatic rings. The number of hydrogen-bond acceptors (Lipinski definition) is 5. The molecule has 0 saturated carbocycles. The Kier molecular flexibility index (Phi) is 5.26. The fourth-order valence-electron chi connectivity index (χ4n) is 1.14. The van der Waals surface area contributed by atoms with E-state index in [9.17, 15) is 14.4 Å². The lowest BCUT2D eigenvalue weighted by molar-refractivity contribution is -0.137. The van der Waals surface area contributed by atoms with Crippen LogP contribution in [-0.4, -0.2) is 29.4 Å². The molecular formula is C12H12O5S. The normalized spacial score (nSPS) is 10.5. The highest BCUT2D eigenvalue weighted by atomic mass is 32.1. The number of carboxylic acids is 1. The second-order valence-corrected chi connectivity index (χ2v) is 4.37. The maximum atomic E-state index is 11.5. The van der Waals surface area contributed by atoms with Crippen LogP contribution in [0.3, 0.4) is 0 Å². The van der Waals surface area contributed by atoms with Crippen molar-refractivity contribution in [3.8, 4) is 0 Å². The lowest BCUT2D eigenvalue weighted by Crippen LogP contribution is -2.16. The SMILES string of the molecule is CCOC(=O)C(=O)c1ccc(C=CCC(=O)O)s1. The minimum absolute atomic E-state index is 0.0843. The summed E-state index contributed by atoms with van der Waals surface area (Å²) in [4.78, 5) is 34.0. The second kappa shape index (κ2) is 6.70. The van der Waals surface area contributed by atoms with Gasteiger partial charge in [-0.2, -0.15) is 0 Å². The quantitative estimate of drug-likeness (QED) is 0.484. The summed E-state index contributed by atoms with van der Waals surface area (Å²) in [5.74, 6) is -2.48. The number of rotatable bonds is 6. The molecular weight excluding hydrogens is 256 g/mol. The zero-order chi connectivity index (χ0) is 13.5. The van der Waals surface area contributed by atoms with Crippen molar-refractivity contribution < 1.29 is 24.2 Å². The van der Waals surface area contributed by atoms with Gasteiger partial charge in [-0.3, -0.25) is 9.59 Å². The van der Waals surface area contributed by atoms with Crippen molar-refractivity contribution in [3.05, 3.63) is 28.0 Å². The minimum atomic E-state index is -0.925. The lowest BCUT2D eigenvalue weighted by atomic mass is 10.3. The molecule has 0 aliphatic carbocycles. The lowest BCUT2D eigenvalue weighted by Gasteiger charge is -1.97. The van der Waals surface area contributed by atoms with Crippen LogP contribution in [0.1, 0.15) is 27.9 Å². The summed E-state index contributed by atoms with van der Waals surface area (Å²) in [6, 6.07) is 3.17. The summed E-state index contributed by atoms with van der Waals surface area (Å²) < 4.78 is 4.60. The van der Waals surface area contributed by atoms with E-state index in [-0.39, 0.29) is 17.9 Å². The standard InChI is InChI=1S/C12H12O5S/c1-2-17-12(16)11(15)9-7-6-8(18-9)4-3-5-10(13)14/h3-4,6-7H,2,5H2,1H3,(H,13,14). The molecule has 0 amide bonds. The number of thiophene rings is 1. The third-order valence-corrected chi connectivity index (χ3v) is 2.94. The Hall–Kier alpha value is -1.95. The van der Waals surface area contributed by atoms with E-state index in [4.69, 9.17) is 5.11 Å². The smallest absolute Gasteiger partial charge is 0.380 e. The van der Waals surface area contributed by atoms with Crippen LogP contribution in [0.15, 0.2) is 18.2 Å². The van der Waals surface area contributed by atoms with Gasteiger partial charge in [-0.25, -0.2) is 4.79 Å². The van der Waals surface area contributed by atoms with Gasteiger partial charge in [0.05, 0.1) is 17.9 Å². The molecule has 0 aliphatic heterocycles. The third-order valence-electron chi connectivity index (χ3n) is 1.89. The van der Waals surface area contributed by atoms with Crippen molar-refractivity contribution >= 4 is 35.1 Å². The van der Waals surface area contributed by atoms with Crippen molar-refractivity contribution in [2.24, 2.45) is 0 Å². The summed E-state index contributed by atoms with van der Waals surface area (Å²) in [6.07, 6.45) is 2.99. The highest BCUT2D eigenvalue weighted by Crippen LogP contribution is 2.19. The molecule has 1 rings (SSSR count). The van der Waals surface area contributed by atoms with Gasteiger partial charge in [-0.05, 0) is 25.1 Å². The molecule has 0 atom stereocenters. The van der Waals surface area contributed by atoms with Gasteiger partial charge in [-0.1, -0.05) is 6.08 Å². The summed E-state index contributed by atoms with van der Waals surface area (Å²) in [5, 5.41) is 8.45. The largest absolute Gasteiger partial charge is 0.481 e. The molecule has 0 unspecified atom stereocenters. The van der Waals surface area contributed by atoms with E-state index in [1.54, 1.807) is 19.1 Å². The van der Waals surface area contributed by atoms with Gasteiger partial charge in [0.2, 0.25) is 0 Å². The van der Waals surface area contributed by atoms with Crippen molar-refractivity contribution in [3.63, 3.8) is 0 Å². The monoisotopic (exact) mass is 268 g/mol. The van der Waals surface area contributed by atoms with E-state index < -0.39 is 17.7 Å². The van der Waals surface area contributed by atoms with Crippen molar-refractivity contribution in [1.29, 1.82) is 0 Å². The topological polar surface area (TPSA) is 80.7 Å². The number of carboxylic acid groups (broad SMARTS) is 1. The zero-order valence-corrected chi connectivity index (χ0v) is 10.5. The maximum Gasteiger partial charge on any atom is 0.380 e. The van der Waals surface area contributed by atoms with Crippen molar-refractivity contribution in [1.82, 2.24) is 0 Å².